The highest BCUT2D eigenvalue weighted by Gasteiger charge is 2.20. The van der Waals surface area contributed by atoms with Gasteiger partial charge < -0.3 is 10.1 Å². The van der Waals surface area contributed by atoms with Crippen molar-refractivity contribution >= 4 is 33.2 Å². The normalized spacial score (nSPS) is 14.9. The van der Waals surface area contributed by atoms with Crippen LogP contribution < -0.4 is 5.32 Å². The smallest absolute Gasteiger partial charge is 0.261 e. The van der Waals surface area contributed by atoms with Gasteiger partial charge >= 0.3 is 0 Å². The van der Waals surface area contributed by atoms with E-state index in [1.54, 1.807) is 0 Å². The van der Waals surface area contributed by atoms with Crippen LogP contribution in [-0.2, 0) is 4.74 Å². The van der Waals surface area contributed by atoms with Gasteiger partial charge in [0.25, 0.3) is 5.91 Å². The number of carbonyl (C=O) groups is 1. The highest BCUT2D eigenvalue weighted by molar-refractivity contribution is 9.11. The number of carbonyl (C=O) groups excluding carboxylic acids is 1. The minimum atomic E-state index is -0.0150. The summed E-state index contributed by atoms with van der Waals surface area (Å²) in [5, 5.41) is 2.86. The first-order valence-electron chi connectivity index (χ1n) is 5.78. The quantitative estimate of drug-likeness (QED) is 0.819. The molecule has 0 atom stereocenters. The summed E-state index contributed by atoms with van der Waals surface area (Å²) in [7, 11) is 0. The van der Waals surface area contributed by atoms with Crippen molar-refractivity contribution in [3.05, 3.63) is 20.3 Å². The Morgan fingerprint density at radius 3 is 3.00 bits per heavy atom. The van der Waals surface area contributed by atoms with Crippen LogP contribution in [0, 0.1) is 12.8 Å². The van der Waals surface area contributed by atoms with Crippen molar-refractivity contribution in [3.8, 4) is 0 Å². The Labute approximate surface area is 114 Å². The molecule has 0 saturated heterocycles. The van der Waals surface area contributed by atoms with Gasteiger partial charge in [0.15, 0.2) is 0 Å². The lowest BCUT2D eigenvalue weighted by atomic mass is 10.3. The standard InChI is InChI=1S/C12H16BrNO2S/c1-8-6-10(17-11(8)13)12(15)14-4-5-16-7-9-2-3-9/h6,9H,2-5,7H2,1H3,(H,14,15). The summed E-state index contributed by atoms with van der Waals surface area (Å²) in [6.07, 6.45) is 2.60. The van der Waals surface area contributed by atoms with Gasteiger partial charge in [-0.05, 0) is 53.2 Å². The van der Waals surface area contributed by atoms with Gasteiger partial charge in [0, 0.05) is 13.2 Å². The molecule has 0 bridgehead atoms. The van der Waals surface area contributed by atoms with Gasteiger partial charge in [-0.3, -0.25) is 4.79 Å². The number of hydrogen-bond acceptors (Lipinski definition) is 3. The average molecular weight is 318 g/mol. The predicted octanol–water partition coefficient (Wildman–Crippen LogP) is 2.98. The highest BCUT2D eigenvalue weighted by atomic mass is 79.9. The molecule has 1 fully saturated rings. The third kappa shape index (κ3) is 4.08. The van der Waals surface area contributed by atoms with E-state index in [9.17, 15) is 4.79 Å². The van der Waals surface area contributed by atoms with Crippen LogP contribution in [0.3, 0.4) is 0 Å². The molecule has 1 heterocycles. The van der Waals surface area contributed by atoms with Gasteiger partial charge in [-0.2, -0.15) is 0 Å². The molecule has 0 spiro atoms. The second kappa shape index (κ2) is 5.98. The van der Waals surface area contributed by atoms with Gasteiger partial charge in [0.05, 0.1) is 15.3 Å². The van der Waals surface area contributed by atoms with Gasteiger partial charge in [0.2, 0.25) is 0 Å². The molecule has 1 amide bonds. The van der Waals surface area contributed by atoms with E-state index in [0.717, 1.165) is 26.8 Å². The van der Waals surface area contributed by atoms with Crippen molar-refractivity contribution in [2.45, 2.75) is 19.8 Å². The summed E-state index contributed by atoms with van der Waals surface area (Å²) < 4.78 is 6.47. The number of rotatable bonds is 6. The molecule has 1 aliphatic rings. The lowest BCUT2D eigenvalue weighted by Gasteiger charge is -2.04. The van der Waals surface area contributed by atoms with E-state index < -0.39 is 0 Å². The van der Waals surface area contributed by atoms with Crippen LogP contribution in [0.2, 0.25) is 0 Å². The van der Waals surface area contributed by atoms with Crippen molar-refractivity contribution in [1.29, 1.82) is 0 Å². The maximum absolute atomic E-state index is 11.7. The van der Waals surface area contributed by atoms with E-state index in [1.165, 1.54) is 24.2 Å². The molecular weight excluding hydrogens is 302 g/mol. The van der Waals surface area contributed by atoms with Crippen molar-refractivity contribution < 1.29 is 9.53 Å². The Hall–Kier alpha value is -0.390. The molecule has 1 aliphatic carbocycles. The molecular formula is C12H16BrNO2S. The van der Waals surface area contributed by atoms with Crippen LogP contribution in [0.5, 0.6) is 0 Å². The van der Waals surface area contributed by atoms with Gasteiger partial charge in [-0.25, -0.2) is 0 Å². The van der Waals surface area contributed by atoms with E-state index in [1.807, 2.05) is 13.0 Å². The van der Waals surface area contributed by atoms with Crippen LogP contribution in [0.1, 0.15) is 28.1 Å². The average Bonchev–Trinajstić information content (AvgIpc) is 3.05. The second-order valence-electron chi connectivity index (χ2n) is 4.34. The Morgan fingerprint density at radius 2 is 2.41 bits per heavy atom. The fourth-order valence-corrected chi connectivity index (χ4v) is 2.88. The summed E-state index contributed by atoms with van der Waals surface area (Å²) in [5.74, 6) is 0.764. The zero-order valence-corrected chi connectivity index (χ0v) is 12.2. The SMILES string of the molecule is Cc1cc(C(=O)NCCOCC2CC2)sc1Br. The van der Waals surface area contributed by atoms with Gasteiger partial charge in [-0.1, -0.05) is 0 Å². The molecule has 0 radical (unpaired) electrons. The number of hydrogen-bond donors (Lipinski definition) is 1. The fourth-order valence-electron chi connectivity index (χ4n) is 1.43. The number of nitrogens with one attached hydrogen (secondary N) is 1. The number of ether oxygens (including phenoxy) is 1. The molecule has 94 valence electrons. The van der Waals surface area contributed by atoms with Crippen LogP contribution in [0.15, 0.2) is 9.85 Å². The van der Waals surface area contributed by atoms with E-state index in [0.29, 0.717) is 13.2 Å². The van der Waals surface area contributed by atoms with Crippen LogP contribution in [-0.4, -0.2) is 25.7 Å². The molecule has 2 rings (SSSR count). The van der Waals surface area contributed by atoms with Crippen LogP contribution >= 0.6 is 27.3 Å². The molecule has 1 aromatic rings. The van der Waals surface area contributed by atoms with E-state index in [-0.39, 0.29) is 5.91 Å². The second-order valence-corrected chi connectivity index (χ2v) is 6.71. The molecule has 0 unspecified atom stereocenters. The number of thiophene rings is 1. The summed E-state index contributed by atoms with van der Waals surface area (Å²) in [4.78, 5) is 12.5. The van der Waals surface area contributed by atoms with Crippen molar-refractivity contribution in [2.24, 2.45) is 5.92 Å². The molecule has 1 N–H and O–H groups in total. The predicted molar refractivity (Wildman–Crippen MR) is 72.6 cm³/mol. The summed E-state index contributed by atoms with van der Waals surface area (Å²) in [6.45, 7) is 4.02. The molecule has 0 aromatic carbocycles. The maximum Gasteiger partial charge on any atom is 0.261 e. The van der Waals surface area contributed by atoms with E-state index in [4.69, 9.17) is 4.74 Å². The van der Waals surface area contributed by atoms with E-state index in [2.05, 4.69) is 21.2 Å². The lowest BCUT2D eigenvalue weighted by molar-refractivity contribution is 0.0910. The molecule has 1 aromatic heterocycles. The third-order valence-electron chi connectivity index (χ3n) is 2.66. The Morgan fingerprint density at radius 1 is 1.65 bits per heavy atom. The minimum Gasteiger partial charge on any atom is -0.379 e. The number of halogens is 1. The zero-order chi connectivity index (χ0) is 12.3. The summed E-state index contributed by atoms with van der Waals surface area (Å²) in [6, 6.07) is 1.90. The largest absolute Gasteiger partial charge is 0.379 e. The van der Waals surface area contributed by atoms with Crippen LogP contribution in [0.25, 0.3) is 0 Å². The molecule has 17 heavy (non-hydrogen) atoms. The Kier molecular flexibility index (Phi) is 4.59. The first-order chi connectivity index (χ1) is 8.16. The number of amides is 1. The molecule has 3 nitrogen and oxygen atoms in total. The zero-order valence-electron chi connectivity index (χ0n) is 9.79. The highest BCUT2D eigenvalue weighted by Crippen LogP contribution is 2.28. The van der Waals surface area contributed by atoms with Gasteiger partial charge in [0.1, 0.15) is 0 Å². The summed E-state index contributed by atoms with van der Waals surface area (Å²) in [5.41, 5.74) is 1.10. The monoisotopic (exact) mass is 317 g/mol. The Balaban J connectivity index is 1.65. The molecule has 1 saturated carbocycles. The minimum absolute atomic E-state index is 0.0150. The topological polar surface area (TPSA) is 38.3 Å². The lowest BCUT2D eigenvalue weighted by Crippen LogP contribution is -2.26. The first-order valence-corrected chi connectivity index (χ1v) is 7.39. The number of aryl methyl sites for hydroxylation is 1. The fraction of sp³-hybridized carbons (Fsp3) is 0.583. The Bertz CT molecular complexity index is 382. The molecule has 5 heteroatoms. The van der Waals surface area contributed by atoms with Crippen LogP contribution in [0.4, 0.5) is 0 Å². The third-order valence-corrected chi connectivity index (χ3v) is 4.80. The molecule has 0 aliphatic heterocycles. The van der Waals surface area contributed by atoms with Gasteiger partial charge in [-0.15, -0.1) is 11.3 Å². The van der Waals surface area contributed by atoms with Crippen molar-refractivity contribution in [1.82, 2.24) is 5.32 Å². The maximum atomic E-state index is 11.7. The first kappa shape index (κ1) is 13.1. The summed E-state index contributed by atoms with van der Waals surface area (Å²) >= 11 is 4.88. The van der Waals surface area contributed by atoms with Crippen molar-refractivity contribution in [3.63, 3.8) is 0 Å². The van der Waals surface area contributed by atoms with E-state index >= 15 is 0 Å². The van der Waals surface area contributed by atoms with Crippen molar-refractivity contribution in [2.75, 3.05) is 19.8 Å².